The fourth-order valence-corrected chi connectivity index (χ4v) is 4.34. The summed E-state index contributed by atoms with van der Waals surface area (Å²) in [6.07, 6.45) is 2.50. The lowest BCUT2D eigenvalue weighted by atomic mass is 9.90. The molecular weight excluding hydrogens is 315 g/mol. The lowest BCUT2D eigenvalue weighted by Gasteiger charge is -2.27. The number of fused-ring (bicyclic) bond motifs is 1. The monoisotopic (exact) mass is 338 g/mol. The van der Waals surface area contributed by atoms with Gasteiger partial charge in [0, 0.05) is 31.5 Å². The number of rotatable bonds is 3. The van der Waals surface area contributed by atoms with Gasteiger partial charge in [-0.25, -0.2) is 4.39 Å². The summed E-state index contributed by atoms with van der Waals surface area (Å²) in [5, 5.41) is 3.22. The highest BCUT2D eigenvalue weighted by Gasteiger charge is 2.43. The van der Waals surface area contributed by atoms with Gasteiger partial charge >= 0.3 is 0 Å². The van der Waals surface area contributed by atoms with Gasteiger partial charge < -0.3 is 5.32 Å². The highest BCUT2D eigenvalue weighted by molar-refractivity contribution is 5.77. The van der Waals surface area contributed by atoms with Crippen molar-refractivity contribution in [1.82, 2.24) is 10.2 Å². The third kappa shape index (κ3) is 3.45. The van der Waals surface area contributed by atoms with Gasteiger partial charge in [0.2, 0.25) is 5.91 Å². The molecule has 3 nitrogen and oxygen atoms in total. The van der Waals surface area contributed by atoms with Crippen LogP contribution in [-0.4, -0.2) is 29.4 Å². The molecule has 4 rings (SSSR count). The third-order valence-electron chi connectivity index (χ3n) is 5.48. The Kier molecular flexibility index (Phi) is 4.53. The Bertz CT molecular complexity index is 749. The predicted octanol–water partition coefficient (Wildman–Crippen LogP) is 3.46. The second-order valence-electron chi connectivity index (χ2n) is 7.13. The first-order valence-corrected chi connectivity index (χ1v) is 9.03. The Labute approximate surface area is 147 Å². The molecule has 4 heteroatoms. The molecule has 0 saturated carbocycles. The SMILES string of the molecule is O=C1CCC[C@@H]2[C@@H](N1)[C@H](c1cccc(F)c1)CN2Cc1ccccc1. The lowest BCUT2D eigenvalue weighted by Crippen LogP contribution is -2.44. The van der Waals surface area contributed by atoms with Gasteiger partial charge in [0.25, 0.3) is 0 Å². The lowest BCUT2D eigenvalue weighted by molar-refractivity contribution is -0.121. The summed E-state index contributed by atoms with van der Waals surface area (Å²) in [6.45, 7) is 1.71. The molecule has 2 heterocycles. The fourth-order valence-electron chi connectivity index (χ4n) is 4.34. The molecule has 2 aromatic rings. The maximum Gasteiger partial charge on any atom is 0.220 e. The number of benzene rings is 2. The van der Waals surface area contributed by atoms with E-state index in [-0.39, 0.29) is 23.7 Å². The minimum Gasteiger partial charge on any atom is -0.351 e. The Balaban J connectivity index is 1.64. The number of hydrogen-bond acceptors (Lipinski definition) is 2. The molecule has 2 saturated heterocycles. The quantitative estimate of drug-likeness (QED) is 0.929. The fraction of sp³-hybridized carbons (Fsp3) is 0.381. The van der Waals surface area contributed by atoms with Crippen molar-refractivity contribution in [2.45, 2.75) is 43.8 Å². The maximum absolute atomic E-state index is 13.7. The van der Waals surface area contributed by atoms with Gasteiger partial charge in [-0.3, -0.25) is 9.69 Å². The van der Waals surface area contributed by atoms with E-state index in [0.29, 0.717) is 12.5 Å². The zero-order valence-electron chi connectivity index (χ0n) is 14.2. The van der Waals surface area contributed by atoms with Crippen LogP contribution in [0.1, 0.15) is 36.3 Å². The van der Waals surface area contributed by atoms with E-state index < -0.39 is 0 Å². The molecule has 0 aliphatic carbocycles. The summed E-state index contributed by atoms with van der Waals surface area (Å²) in [5.41, 5.74) is 2.25. The van der Waals surface area contributed by atoms with Crippen LogP contribution in [0.4, 0.5) is 4.39 Å². The van der Waals surface area contributed by atoms with Crippen molar-refractivity contribution < 1.29 is 9.18 Å². The summed E-state index contributed by atoms with van der Waals surface area (Å²) in [7, 11) is 0. The number of carbonyl (C=O) groups excluding carboxylic acids is 1. The van der Waals surface area contributed by atoms with E-state index in [9.17, 15) is 9.18 Å². The minimum absolute atomic E-state index is 0.0560. The summed E-state index contributed by atoms with van der Waals surface area (Å²) < 4.78 is 13.7. The maximum atomic E-state index is 13.7. The van der Waals surface area contributed by atoms with Crippen LogP contribution in [-0.2, 0) is 11.3 Å². The molecule has 130 valence electrons. The number of nitrogens with one attached hydrogen (secondary N) is 1. The minimum atomic E-state index is -0.212. The van der Waals surface area contributed by atoms with E-state index in [1.165, 1.54) is 11.6 Å². The van der Waals surface area contributed by atoms with Crippen molar-refractivity contribution in [1.29, 1.82) is 0 Å². The van der Waals surface area contributed by atoms with Gasteiger partial charge in [0.05, 0.1) is 6.04 Å². The van der Waals surface area contributed by atoms with Crippen molar-refractivity contribution in [3.63, 3.8) is 0 Å². The zero-order valence-corrected chi connectivity index (χ0v) is 14.2. The summed E-state index contributed by atoms with van der Waals surface area (Å²) in [6, 6.07) is 17.6. The highest BCUT2D eigenvalue weighted by Crippen LogP contribution is 2.37. The van der Waals surface area contributed by atoms with Gasteiger partial charge in [-0.05, 0) is 36.1 Å². The second-order valence-corrected chi connectivity index (χ2v) is 7.13. The highest BCUT2D eigenvalue weighted by atomic mass is 19.1. The van der Waals surface area contributed by atoms with Crippen molar-refractivity contribution in [3.8, 4) is 0 Å². The summed E-state index contributed by atoms with van der Waals surface area (Å²) in [4.78, 5) is 14.6. The van der Waals surface area contributed by atoms with Crippen LogP contribution in [0, 0.1) is 5.82 Å². The first-order chi connectivity index (χ1) is 12.2. The molecule has 2 aliphatic heterocycles. The van der Waals surface area contributed by atoms with E-state index >= 15 is 0 Å². The van der Waals surface area contributed by atoms with Crippen molar-refractivity contribution in [2.24, 2.45) is 0 Å². The van der Waals surface area contributed by atoms with Crippen LogP contribution >= 0.6 is 0 Å². The Hall–Kier alpha value is -2.20. The van der Waals surface area contributed by atoms with E-state index in [0.717, 1.165) is 31.5 Å². The largest absolute Gasteiger partial charge is 0.351 e. The third-order valence-corrected chi connectivity index (χ3v) is 5.48. The molecule has 25 heavy (non-hydrogen) atoms. The van der Waals surface area contributed by atoms with Gasteiger partial charge in [-0.15, -0.1) is 0 Å². The molecule has 0 unspecified atom stereocenters. The zero-order chi connectivity index (χ0) is 17.2. The van der Waals surface area contributed by atoms with Crippen LogP contribution < -0.4 is 5.32 Å². The molecule has 0 bridgehead atoms. The Morgan fingerprint density at radius 3 is 2.76 bits per heavy atom. The molecule has 1 amide bonds. The van der Waals surface area contributed by atoms with E-state index in [1.807, 2.05) is 12.1 Å². The number of nitrogens with zero attached hydrogens (tertiary/aromatic N) is 1. The van der Waals surface area contributed by atoms with Gasteiger partial charge in [-0.1, -0.05) is 42.5 Å². The number of halogens is 1. The predicted molar refractivity (Wildman–Crippen MR) is 95.6 cm³/mol. The van der Waals surface area contributed by atoms with E-state index in [1.54, 1.807) is 12.1 Å². The molecule has 3 atom stereocenters. The number of carbonyl (C=O) groups is 1. The van der Waals surface area contributed by atoms with Gasteiger partial charge in [-0.2, -0.15) is 0 Å². The normalized spacial score (nSPS) is 26.8. The Morgan fingerprint density at radius 2 is 1.96 bits per heavy atom. The molecular formula is C21H23FN2O. The van der Waals surface area contributed by atoms with Crippen LogP contribution in [0.15, 0.2) is 54.6 Å². The molecule has 2 aromatic carbocycles. The molecule has 0 spiro atoms. The molecule has 1 N–H and O–H groups in total. The molecule has 0 radical (unpaired) electrons. The smallest absolute Gasteiger partial charge is 0.220 e. The molecule has 2 fully saturated rings. The summed E-state index contributed by atoms with van der Waals surface area (Å²) in [5.74, 6) is 0.0393. The first kappa shape index (κ1) is 16.3. The first-order valence-electron chi connectivity index (χ1n) is 9.03. The van der Waals surface area contributed by atoms with Crippen molar-refractivity contribution in [3.05, 3.63) is 71.5 Å². The summed E-state index contributed by atoms with van der Waals surface area (Å²) >= 11 is 0. The molecule has 2 aliphatic rings. The van der Waals surface area contributed by atoms with Crippen LogP contribution in [0.2, 0.25) is 0 Å². The van der Waals surface area contributed by atoms with Crippen molar-refractivity contribution in [2.75, 3.05) is 6.54 Å². The van der Waals surface area contributed by atoms with Crippen LogP contribution in [0.5, 0.6) is 0 Å². The number of amides is 1. The van der Waals surface area contributed by atoms with Gasteiger partial charge in [0.1, 0.15) is 5.82 Å². The van der Waals surface area contributed by atoms with E-state index in [4.69, 9.17) is 0 Å². The average Bonchev–Trinajstić information content (AvgIpc) is 2.81. The Morgan fingerprint density at radius 1 is 1.12 bits per heavy atom. The van der Waals surface area contributed by atoms with E-state index in [2.05, 4.69) is 34.5 Å². The standard InChI is InChI=1S/C21H23FN2O/c22-17-9-4-8-16(12-17)18-14-24(13-15-6-2-1-3-7-15)19-10-5-11-20(25)23-21(18)19/h1-4,6-9,12,18-19,21H,5,10-11,13-14H2,(H,23,25)/t18-,19+,21-/m0/s1. The second kappa shape index (κ2) is 6.96. The van der Waals surface area contributed by atoms with Crippen LogP contribution in [0.25, 0.3) is 0 Å². The topological polar surface area (TPSA) is 32.3 Å². The number of likely N-dealkylation sites (tertiary alicyclic amines) is 1. The van der Waals surface area contributed by atoms with Crippen LogP contribution in [0.3, 0.4) is 0 Å². The molecule has 0 aromatic heterocycles. The van der Waals surface area contributed by atoms with Gasteiger partial charge in [0.15, 0.2) is 0 Å². The van der Waals surface area contributed by atoms with Crippen molar-refractivity contribution >= 4 is 5.91 Å². The number of hydrogen-bond donors (Lipinski definition) is 1. The average molecular weight is 338 g/mol.